The van der Waals surface area contributed by atoms with Crippen molar-refractivity contribution in [1.82, 2.24) is 10.6 Å². The van der Waals surface area contributed by atoms with E-state index in [1.165, 1.54) is 31.2 Å². The Morgan fingerprint density at radius 2 is 1.74 bits per heavy atom. The molecule has 0 radical (unpaired) electrons. The van der Waals surface area contributed by atoms with Crippen LogP contribution < -0.4 is 10.6 Å². The fraction of sp³-hybridized carbons (Fsp3) is 0.562. The zero-order chi connectivity index (χ0) is 13.3. The molecule has 0 aromatic heterocycles. The van der Waals surface area contributed by atoms with E-state index in [1.54, 1.807) is 0 Å². The molecule has 3 heteroatoms. The fourth-order valence-electron chi connectivity index (χ4n) is 2.62. The van der Waals surface area contributed by atoms with Crippen LogP contribution in [0.2, 0.25) is 0 Å². The summed E-state index contributed by atoms with van der Waals surface area (Å²) in [5, 5.41) is 6.34. The van der Waals surface area contributed by atoms with E-state index in [4.69, 9.17) is 0 Å². The Morgan fingerprint density at radius 3 is 2.42 bits per heavy atom. The molecule has 3 nitrogen and oxygen atoms in total. The van der Waals surface area contributed by atoms with E-state index in [0.717, 1.165) is 19.4 Å². The number of hydrogen-bond donors (Lipinski definition) is 2. The molecular weight excluding hydrogens is 236 g/mol. The van der Waals surface area contributed by atoms with Crippen LogP contribution in [0.25, 0.3) is 0 Å². The van der Waals surface area contributed by atoms with Crippen molar-refractivity contribution in [1.29, 1.82) is 0 Å². The number of carbonyl (C=O) groups is 1. The second kappa shape index (κ2) is 7.95. The molecule has 0 bridgehead atoms. The minimum atomic E-state index is 0.128. The van der Waals surface area contributed by atoms with Gasteiger partial charge in [0.25, 0.3) is 0 Å². The highest BCUT2D eigenvalue weighted by atomic mass is 16.1. The third kappa shape index (κ3) is 5.43. The van der Waals surface area contributed by atoms with Gasteiger partial charge in [-0.15, -0.1) is 0 Å². The Morgan fingerprint density at radius 1 is 1.05 bits per heavy atom. The molecule has 1 saturated carbocycles. The molecule has 1 aromatic rings. The topological polar surface area (TPSA) is 41.1 Å². The first-order valence-corrected chi connectivity index (χ1v) is 7.38. The van der Waals surface area contributed by atoms with E-state index in [9.17, 15) is 4.79 Å². The van der Waals surface area contributed by atoms with Gasteiger partial charge in [0.2, 0.25) is 5.91 Å². The molecule has 1 amide bonds. The number of benzene rings is 1. The Bertz CT molecular complexity index is 370. The predicted molar refractivity (Wildman–Crippen MR) is 77.8 cm³/mol. The summed E-state index contributed by atoms with van der Waals surface area (Å²) in [7, 11) is 0. The zero-order valence-corrected chi connectivity index (χ0v) is 11.5. The highest BCUT2D eigenvalue weighted by Crippen LogP contribution is 2.16. The molecule has 2 N–H and O–H groups in total. The molecule has 0 heterocycles. The predicted octanol–water partition coefficient (Wildman–Crippen LogP) is 2.62. The zero-order valence-electron chi connectivity index (χ0n) is 11.5. The van der Waals surface area contributed by atoms with Gasteiger partial charge in [-0.3, -0.25) is 4.79 Å². The highest BCUT2D eigenvalue weighted by molar-refractivity contribution is 5.78. The van der Waals surface area contributed by atoms with Crippen LogP contribution >= 0.6 is 0 Å². The maximum atomic E-state index is 11.8. The molecule has 104 valence electrons. The summed E-state index contributed by atoms with van der Waals surface area (Å²) in [5.41, 5.74) is 1.21. The Kier molecular flexibility index (Phi) is 5.89. The van der Waals surface area contributed by atoms with E-state index in [0.29, 0.717) is 12.6 Å². The molecule has 0 spiro atoms. The van der Waals surface area contributed by atoms with Crippen molar-refractivity contribution in [3.63, 3.8) is 0 Å². The first-order chi connectivity index (χ1) is 9.34. The summed E-state index contributed by atoms with van der Waals surface area (Å²) in [6.45, 7) is 1.16. The van der Waals surface area contributed by atoms with Gasteiger partial charge in [0, 0.05) is 12.6 Å². The van der Waals surface area contributed by atoms with Crippen LogP contribution in [0.5, 0.6) is 0 Å². The molecule has 1 aliphatic carbocycles. The van der Waals surface area contributed by atoms with Crippen molar-refractivity contribution >= 4 is 5.91 Å². The average Bonchev–Trinajstić information content (AvgIpc) is 2.68. The van der Waals surface area contributed by atoms with Crippen LogP contribution in [-0.2, 0) is 11.3 Å². The second-order valence-corrected chi connectivity index (χ2v) is 5.35. The van der Waals surface area contributed by atoms with E-state index >= 15 is 0 Å². The lowest BCUT2D eigenvalue weighted by molar-refractivity contribution is -0.121. The SMILES string of the molecule is O=C(CNCc1ccccc1)NC1CCCCCC1. The lowest BCUT2D eigenvalue weighted by atomic mass is 10.1. The van der Waals surface area contributed by atoms with Gasteiger partial charge in [-0.25, -0.2) is 0 Å². The minimum Gasteiger partial charge on any atom is -0.352 e. The van der Waals surface area contributed by atoms with Crippen LogP contribution in [0.15, 0.2) is 30.3 Å². The summed E-state index contributed by atoms with van der Waals surface area (Å²) >= 11 is 0. The molecule has 0 atom stereocenters. The highest BCUT2D eigenvalue weighted by Gasteiger charge is 2.14. The summed E-state index contributed by atoms with van der Waals surface area (Å²) in [5.74, 6) is 0.128. The van der Waals surface area contributed by atoms with Crippen LogP contribution in [0, 0.1) is 0 Å². The van der Waals surface area contributed by atoms with E-state index in [1.807, 2.05) is 18.2 Å². The maximum absolute atomic E-state index is 11.8. The van der Waals surface area contributed by atoms with E-state index in [2.05, 4.69) is 22.8 Å². The molecule has 0 aliphatic heterocycles. The number of rotatable bonds is 5. The average molecular weight is 260 g/mol. The van der Waals surface area contributed by atoms with Crippen LogP contribution in [0.1, 0.15) is 44.1 Å². The van der Waals surface area contributed by atoms with Gasteiger partial charge in [-0.2, -0.15) is 0 Å². The van der Waals surface area contributed by atoms with E-state index in [-0.39, 0.29) is 5.91 Å². The second-order valence-electron chi connectivity index (χ2n) is 5.35. The lowest BCUT2D eigenvalue weighted by Crippen LogP contribution is -2.40. The molecule has 1 aliphatic rings. The van der Waals surface area contributed by atoms with Crippen LogP contribution in [0.4, 0.5) is 0 Å². The molecule has 0 unspecified atom stereocenters. The van der Waals surface area contributed by atoms with Crippen molar-refractivity contribution in [3.8, 4) is 0 Å². The van der Waals surface area contributed by atoms with Crippen molar-refractivity contribution in [2.24, 2.45) is 0 Å². The number of nitrogens with one attached hydrogen (secondary N) is 2. The van der Waals surface area contributed by atoms with E-state index < -0.39 is 0 Å². The molecule has 1 fully saturated rings. The summed E-state index contributed by atoms with van der Waals surface area (Å²) < 4.78 is 0. The fourth-order valence-corrected chi connectivity index (χ4v) is 2.62. The number of hydrogen-bond acceptors (Lipinski definition) is 2. The number of carbonyl (C=O) groups excluding carboxylic acids is 1. The van der Waals surface area contributed by atoms with Crippen molar-refractivity contribution < 1.29 is 4.79 Å². The first-order valence-electron chi connectivity index (χ1n) is 7.38. The third-order valence-electron chi connectivity index (χ3n) is 3.68. The van der Waals surface area contributed by atoms with Gasteiger partial charge < -0.3 is 10.6 Å². The normalized spacial score (nSPS) is 16.8. The quantitative estimate of drug-likeness (QED) is 0.799. The molecule has 19 heavy (non-hydrogen) atoms. The van der Waals surface area contributed by atoms with Gasteiger partial charge >= 0.3 is 0 Å². The smallest absolute Gasteiger partial charge is 0.234 e. The number of amides is 1. The van der Waals surface area contributed by atoms with Crippen molar-refractivity contribution in [3.05, 3.63) is 35.9 Å². The van der Waals surface area contributed by atoms with Gasteiger partial charge in [0.05, 0.1) is 6.54 Å². The van der Waals surface area contributed by atoms with Crippen LogP contribution in [0.3, 0.4) is 0 Å². The minimum absolute atomic E-state index is 0.128. The monoisotopic (exact) mass is 260 g/mol. The Hall–Kier alpha value is -1.35. The van der Waals surface area contributed by atoms with Crippen molar-refractivity contribution in [2.45, 2.75) is 51.1 Å². The maximum Gasteiger partial charge on any atom is 0.234 e. The van der Waals surface area contributed by atoms with Gasteiger partial charge in [-0.1, -0.05) is 56.0 Å². The summed E-state index contributed by atoms with van der Waals surface area (Å²) in [6.07, 6.45) is 7.43. The van der Waals surface area contributed by atoms with Gasteiger partial charge in [0.1, 0.15) is 0 Å². The Balaban J connectivity index is 1.64. The third-order valence-corrected chi connectivity index (χ3v) is 3.68. The molecular formula is C16H24N2O. The standard InChI is InChI=1S/C16H24N2O/c19-16(18-15-10-6-1-2-7-11-15)13-17-12-14-8-4-3-5-9-14/h3-5,8-9,15,17H,1-2,6-7,10-13H2,(H,18,19). The summed E-state index contributed by atoms with van der Waals surface area (Å²) in [6, 6.07) is 10.6. The Labute approximate surface area is 115 Å². The molecule has 1 aromatic carbocycles. The lowest BCUT2D eigenvalue weighted by Gasteiger charge is -2.16. The largest absolute Gasteiger partial charge is 0.352 e. The van der Waals surface area contributed by atoms with Crippen molar-refractivity contribution in [2.75, 3.05) is 6.54 Å². The first kappa shape index (κ1) is 14.1. The van der Waals surface area contributed by atoms with Crippen LogP contribution in [-0.4, -0.2) is 18.5 Å². The molecule has 0 saturated heterocycles. The summed E-state index contributed by atoms with van der Waals surface area (Å²) in [4.78, 5) is 11.8. The van der Waals surface area contributed by atoms with Gasteiger partial charge in [0.15, 0.2) is 0 Å². The van der Waals surface area contributed by atoms with Gasteiger partial charge in [-0.05, 0) is 18.4 Å². The molecule has 2 rings (SSSR count).